The van der Waals surface area contributed by atoms with E-state index in [2.05, 4.69) is 11.9 Å². The molecule has 4 heteroatoms. The molecule has 2 N–H and O–H groups in total. The van der Waals surface area contributed by atoms with E-state index in [1.807, 2.05) is 4.90 Å². The molecule has 2 atom stereocenters. The third-order valence-corrected chi connectivity index (χ3v) is 3.80. The van der Waals surface area contributed by atoms with Crippen LogP contribution in [-0.2, 0) is 4.79 Å². The SMILES string of the molecule is C[C@H](N)C(=O)N1CCC[C@@H](N(C)C2CC2)C1. The summed E-state index contributed by atoms with van der Waals surface area (Å²) in [4.78, 5) is 16.2. The molecule has 0 aromatic heterocycles. The summed E-state index contributed by atoms with van der Waals surface area (Å²) in [6.45, 7) is 3.53. The first-order valence-corrected chi connectivity index (χ1v) is 6.36. The van der Waals surface area contributed by atoms with E-state index in [1.165, 1.54) is 19.3 Å². The summed E-state index contributed by atoms with van der Waals surface area (Å²) < 4.78 is 0. The zero-order valence-electron chi connectivity index (χ0n) is 10.4. The van der Waals surface area contributed by atoms with Gasteiger partial charge in [0.15, 0.2) is 0 Å². The molecule has 0 spiro atoms. The molecule has 1 saturated carbocycles. The van der Waals surface area contributed by atoms with Crippen LogP contribution < -0.4 is 5.73 Å². The van der Waals surface area contributed by atoms with Crippen LogP contribution in [0, 0.1) is 0 Å². The standard InChI is InChI=1S/C12H23N3O/c1-9(13)12(16)15-7-3-4-11(8-15)14(2)10-5-6-10/h9-11H,3-8,13H2,1-2H3/t9-,11+/m0/s1. The van der Waals surface area contributed by atoms with Gasteiger partial charge in [0.05, 0.1) is 6.04 Å². The highest BCUT2D eigenvalue weighted by molar-refractivity contribution is 5.81. The van der Waals surface area contributed by atoms with E-state index in [0.29, 0.717) is 6.04 Å². The van der Waals surface area contributed by atoms with Gasteiger partial charge in [0.2, 0.25) is 5.91 Å². The number of rotatable bonds is 3. The van der Waals surface area contributed by atoms with Crippen LogP contribution in [0.1, 0.15) is 32.6 Å². The Balaban J connectivity index is 1.90. The number of hydrogen-bond acceptors (Lipinski definition) is 3. The second-order valence-corrected chi connectivity index (χ2v) is 5.27. The number of carbonyl (C=O) groups excluding carboxylic acids is 1. The molecular formula is C12H23N3O. The maximum Gasteiger partial charge on any atom is 0.239 e. The zero-order valence-corrected chi connectivity index (χ0v) is 10.4. The maximum atomic E-state index is 11.8. The second-order valence-electron chi connectivity index (χ2n) is 5.27. The van der Waals surface area contributed by atoms with Crippen molar-refractivity contribution >= 4 is 5.91 Å². The Morgan fingerprint density at radius 3 is 2.62 bits per heavy atom. The summed E-state index contributed by atoms with van der Waals surface area (Å²) in [5, 5.41) is 0. The number of carbonyl (C=O) groups is 1. The van der Waals surface area contributed by atoms with Gasteiger partial charge in [-0.2, -0.15) is 0 Å². The van der Waals surface area contributed by atoms with Crippen LogP contribution in [0.15, 0.2) is 0 Å². The first-order chi connectivity index (χ1) is 7.59. The van der Waals surface area contributed by atoms with Gasteiger partial charge in [-0.15, -0.1) is 0 Å². The Hall–Kier alpha value is -0.610. The smallest absolute Gasteiger partial charge is 0.239 e. The lowest BCUT2D eigenvalue weighted by atomic mass is 10.0. The monoisotopic (exact) mass is 225 g/mol. The Morgan fingerprint density at radius 2 is 2.06 bits per heavy atom. The zero-order chi connectivity index (χ0) is 11.7. The third-order valence-electron chi connectivity index (χ3n) is 3.80. The number of hydrogen-bond donors (Lipinski definition) is 1. The van der Waals surface area contributed by atoms with Crippen molar-refractivity contribution in [2.75, 3.05) is 20.1 Å². The lowest BCUT2D eigenvalue weighted by Crippen LogP contribution is -2.52. The molecule has 0 radical (unpaired) electrons. The minimum atomic E-state index is -0.356. The summed E-state index contributed by atoms with van der Waals surface area (Å²) >= 11 is 0. The average molecular weight is 225 g/mol. The lowest BCUT2D eigenvalue weighted by Gasteiger charge is -2.38. The molecule has 2 aliphatic rings. The van der Waals surface area contributed by atoms with Crippen LogP contribution in [0.25, 0.3) is 0 Å². The molecule has 1 aliphatic carbocycles. The summed E-state index contributed by atoms with van der Waals surface area (Å²) in [5.74, 6) is 0.105. The molecule has 0 aromatic carbocycles. The predicted octanol–water partition coefficient (Wildman–Crippen LogP) is 0.419. The molecule has 2 fully saturated rings. The molecule has 0 aromatic rings. The number of likely N-dealkylation sites (tertiary alicyclic amines) is 1. The molecule has 16 heavy (non-hydrogen) atoms. The van der Waals surface area contributed by atoms with E-state index in [1.54, 1.807) is 6.92 Å². The van der Waals surface area contributed by atoms with E-state index < -0.39 is 0 Å². The molecule has 1 saturated heterocycles. The number of likely N-dealkylation sites (N-methyl/N-ethyl adjacent to an activating group) is 1. The highest BCUT2D eigenvalue weighted by Gasteiger charge is 2.34. The fraction of sp³-hybridized carbons (Fsp3) is 0.917. The molecule has 0 bridgehead atoms. The van der Waals surface area contributed by atoms with Gasteiger partial charge in [0.25, 0.3) is 0 Å². The minimum absolute atomic E-state index is 0.105. The van der Waals surface area contributed by atoms with Crippen molar-refractivity contribution in [3.05, 3.63) is 0 Å². The van der Waals surface area contributed by atoms with Gasteiger partial charge in [-0.3, -0.25) is 9.69 Å². The maximum absolute atomic E-state index is 11.8. The normalized spacial score (nSPS) is 28.2. The highest BCUT2D eigenvalue weighted by atomic mass is 16.2. The van der Waals surface area contributed by atoms with Crippen molar-refractivity contribution in [2.24, 2.45) is 5.73 Å². The fourth-order valence-corrected chi connectivity index (χ4v) is 2.56. The molecule has 1 amide bonds. The van der Waals surface area contributed by atoms with Crippen LogP contribution in [0.2, 0.25) is 0 Å². The summed E-state index contributed by atoms with van der Waals surface area (Å²) in [5.41, 5.74) is 5.66. The lowest BCUT2D eigenvalue weighted by molar-refractivity contribution is -0.134. The Morgan fingerprint density at radius 1 is 1.38 bits per heavy atom. The summed E-state index contributed by atoms with van der Waals surface area (Å²) in [6, 6.07) is 0.962. The quantitative estimate of drug-likeness (QED) is 0.757. The average Bonchev–Trinajstić information content (AvgIpc) is 3.11. The van der Waals surface area contributed by atoms with Crippen LogP contribution in [-0.4, -0.2) is 54.0 Å². The van der Waals surface area contributed by atoms with Gasteiger partial charge in [0.1, 0.15) is 0 Å². The van der Waals surface area contributed by atoms with Gasteiger partial charge in [-0.05, 0) is 39.7 Å². The molecular weight excluding hydrogens is 202 g/mol. The predicted molar refractivity (Wildman–Crippen MR) is 64.0 cm³/mol. The van der Waals surface area contributed by atoms with Crippen molar-refractivity contribution in [3.8, 4) is 0 Å². The fourth-order valence-electron chi connectivity index (χ4n) is 2.56. The van der Waals surface area contributed by atoms with Gasteiger partial charge in [-0.25, -0.2) is 0 Å². The molecule has 92 valence electrons. The Labute approximate surface area is 97.8 Å². The van der Waals surface area contributed by atoms with Crippen LogP contribution in [0.3, 0.4) is 0 Å². The van der Waals surface area contributed by atoms with Gasteiger partial charge in [0, 0.05) is 25.2 Å². The van der Waals surface area contributed by atoms with Crippen molar-refractivity contribution in [2.45, 2.75) is 50.7 Å². The van der Waals surface area contributed by atoms with Crippen molar-refractivity contribution in [1.82, 2.24) is 9.80 Å². The van der Waals surface area contributed by atoms with E-state index >= 15 is 0 Å². The number of piperidine rings is 1. The Bertz CT molecular complexity index is 263. The first kappa shape index (κ1) is 11.9. The molecule has 2 rings (SSSR count). The second kappa shape index (κ2) is 4.72. The largest absolute Gasteiger partial charge is 0.340 e. The first-order valence-electron chi connectivity index (χ1n) is 6.36. The van der Waals surface area contributed by atoms with E-state index in [4.69, 9.17) is 5.73 Å². The molecule has 1 aliphatic heterocycles. The topological polar surface area (TPSA) is 49.6 Å². The molecule has 0 unspecified atom stereocenters. The number of nitrogens with two attached hydrogens (primary N) is 1. The van der Waals surface area contributed by atoms with Gasteiger partial charge in [-0.1, -0.05) is 0 Å². The third kappa shape index (κ3) is 2.55. The number of nitrogens with zero attached hydrogens (tertiary/aromatic N) is 2. The Kier molecular flexibility index (Phi) is 3.50. The van der Waals surface area contributed by atoms with Gasteiger partial charge >= 0.3 is 0 Å². The molecule has 1 heterocycles. The van der Waals surface area contributed by atoms with Crippen molar-refractivity contribution in [1.29, 1.82) is 0 Å². The summed E-state index contributed by atoms with van der Waals surface area (Å²) in [7, 11) is 2.20. The number of amides is 1. The van der Waals surface area contributed by atoms with E-state index in [0.717, 1.165) is 25.6 Å². The van der Waals surface area contributed by atoms with Crippen LogP contribution in [0.5, 0.6) is 0 Å². The van der Waals surface area contributed by atoms with Crippen molar-refractivity contribution < 1.29 is 4.79 Å². The van der Waals surface area contributed by atoms with E-state index in [-0.39, 0.29) is 11.9 Å². The van der Waals surface area contributed by atoms with Crippen molar-refractivity contribution in [3.63, 3.8) is 0 Å². The van der Waals surface area contributed by atoms with E-state index in [9.17, 15) is 4.79 Å². The van der Waals surface area contributed by atoms with Crippen LogP contribution >= 0.6 is 0 Å². The van der Waals surface area contributed by atoms with Gasteiger partial charge < -0.3 is 10.6 Å². The van der Waals surface area contributed by atoms with Crippen LogP contribution in [0.4, 0.5) is 0 Å². The molecule has 4 nitrogen and oxygen atoms in total. The summed E-state index contributed by atoms with van der Waals surface area (Å²) in [6.07, 6.45) is 4.98. The highest BCUT2D eigenvalue weighted by Crippen LogP contribution is 2.29. The minimum Gasteiger partial charge on any atom is -0.340 e.